The summed E-state index contributed by atoms with van der Waals surface area (Å²) in [4.78, 5) is 23.9. The van der Waals surface area contributed by atoms with E-state index in [1.165, 1.54) is 4.90 Å². The lowest BCUT2D eigenvalue weighted by Crippen LogP contribution is -2.28. The molecule has 0 bridgehead atoms. The van der Waals surface area contributed by atoms with E-state index < -0.39 is 0 Å². The quantitative estimate of drug-likeness (QED) is 0.809. The first kappa shape index (κ1) is 11.9. The van der Waals surface area contributed by atoms with E-state index >= 15 is 0 Å². The van der Waals surface area contributed by atoms with Gasteiger partial charge >= 0.3 is 6.03 Å². The molecule has 2 heterocycles. The third-order valence-corrected chi connectivity index (χ3v) is 3.15. The number of imide groups is 1. The van der Waals surface area contributed by atoms with E-state index in [2.05, 4.69) is 10.4 Å². The zero-order valence-corrected chi connectivity index (χ0v) is 10.4. The summed E-state index contributed by atoms with van der Waals surface area (Å²) >= 11 is 6.17. The number of nitrogens with one attached hydrogen (secondary N) is 1. The van der Waals surface area contributed by atoms with Gasteiger partial charge in [-0.3, -0.25) is 14.8 Å². The van der Waals surface area contributed by atoms with Crippen molar-refractivity contribution in [3.8, 4) is 0 Å². The van der Waals surface area contributed by atoms with Gasteiger partial charge in [0.05, 0.1) is 23.0 Å². The Kier molecular flexibility index (Phi) is 3.06. The summed E-state index contributed by atoms with van der Waals surface area (Å²) in [6, 6.07) is -0.384. The molecule has 0 aromatic carbocycles. The molecule has 1 aromatic rings. The highest BCUT2D eigenvalue weighted by molar-refractivity contribution is 6.31. The third-order valence-electron chi connectivity index (χ3n) is 2.71. The summed E-state index contributed by atoms with van der Waals surface area (Å²) in [7, 11) is 1.77. The number of hydrogen-bond acceptors (Lipinski definition) is 3. The van der Waals surface area contributed by atoms with Crippen LogP contribution >= 0.6 is 11.6 Å². The predicted molar refractivity (Wildman–Crippen MR) is 61.5 cm³/mol. The zero-order valence-electron chi connectivity index (χ0n) is 9.66. The molecule has 6 nitrogen and oxygen atoms in total. The number of aryl methyl sites for hydroxylation is 2. The molecule has 17 heavy (non-hydrogen) atoms. The lowest BCUT2D eigenvalue weighted by Gasteiger charge is -2.13. The van der Waals surface area contributed by atoms with E-state index in [1.807, 2.05) is 6.92 Å². The van der Waals surface area contributed by atoms with Crippen molar-refractivity contribution in [2.24, 2.45) is 7.05 Å². The molecule has 0 radical (unpaired) electrons. The van der Waals surface area contributed by atoms with Gasteiger partial charge in [0.2, 0.25) is 5.91 Å². The number of carbonyl (C=O) groups excluding carboxylic acids is 2. The van der Waals surface area contributed by atoms with E-state index in [4.69, 9.17) is 11.6 Å². The highest BCUT2D eigenvalue weighted by Crippen LogP contribution is 2.22. The molecule has 7 heteroatoms. The smallest absolute Gasteiger partial charge is 0.309 e. The highest BCUT2D eigenvalue weighted by atomic mass is 35.5. The van der Waals surface area contributed by atoms with Crippen LogP contribution in [-0.2, 0) is 24.8 Å². The van der Waals surface area contributed by atoms with Crippen LogP contribution in [0.1, 0.15) is 18.3 Å². The maximum absolute atomic E-state index is 11.4. The molecule has 0 atom stereocenters. The summed E-state index contributed by atoms with van der Waals surface area (Å²) < 4.78 is 1.65. The van der Waals surface area contributed by atoms with Gasteiger partial charge < -0.3 is 4.90 Å². The van der Waals surface area contributed by atoms with Crippen LogP contribution in [-0.4, -0.2) is 33.2 Å². The van der Waals surface area contributed by atoms with Crippen LogP contribution in [0.3, 0.4) is 0 Å². The second-order valence-electron chi connectivity index (χ2n) is 3.89. The van der Waals surface area contributed by atoms with Crippen LogP contribution in [0, 0.1) is 0 Å². The Morgan fingerprint density at radius 2 is 2.18 bits per heavy atom. The summed E-state index contributed by atoms with van der Waals surface area (Å²) in [5.74, 6) is -0.288. The standard InChI is InChI=1S/C10H13ClN4O2/c1-3-6-9(11)7(14(2)13-6)4-15-5-8(16)12-10(15)17/h3-5H2,1-2H3,(H,12,16,17). The fourth-order valence-corrected chi connectivity index (χ4v) is 2.14. The van der Waals surface area contributed by atoms with Crippen molar-refractivity contribution >= 4 is 23.5 Å². The van der Waals surface area contributed by atoms with Gasteiger partial charge in [0, 0.05) is 7.05 Å². The topological polar surface area (TPSA) is 67.2 Å². The summed E-state index contributed by atoms with van der Waals surface area (Å²) in [6.45, 7) is 2.33. The maximum atomic E-state index is 11.4. The Morgan fingerprint density at radius 3 is 2.65 bits per heavy atom. The predicted octanol–water partition coefficient (Wildman–Crippen LogP) is 0.688. The molecule has 92 valence electrons. The van der Waals surface area contributed by atoms with Crippen molar-refractivity contribution in [1.82, 2.24) is 20.0 Å². The maximum Gasteiger partial charge on any atom is 0.324 e. The Balaban J connectivity index is 2.21. The minimum atomic E-state index is -0.384. The normalized spacial score (nSPS) is 15.6. The number of urea groups is 1. The average molecular weight is 257 g/mol. The molecule has 1 saturated heterocycles. The van der Waals surface area contributed by atoms with Crippen molar-refractivity contribution in [2.75, 3.05) is 6.54 Å². The second-order valence-corrected chi connectivity index (χ2v) is 4.27. The lowest BCUT2D eigenvalue weighted by atomic mass is 10.3. The van der Waals surface area contributed by atoms with Crippen LogP contribution in [0.2, 0.25) is 5.02 Å². The number of rotatable bonds is 3. The fourth-order valence-electron chi connectivity index (χ4n) is 1.78. The molecule has 3 amide bonds. The molecule has 1 aliphatic heterocycles. The summed E-state index contributed by atoms with van der Waals surface area (Å²) in [6.07, 6.45) is 0.734. The summed E-state index contributed by atoms with van der Waals surface area (Å²) in [5.41, 5.74) is 1.54. The van der Waals surface area contributed by atoms with Crippen molar-refractivity contribution in [1.29, 1.82) is 0 Å². The van der Waals surface area contributed by atoms with Gasteiger partial charge in [0.25, 0.3) is 0 Å². The molecule has 0 spiro atoms. The fraction of sp³-hybridized carbons (Fsp3) is 0.500. The SMILES string of the molecule is CCc1nn(C)c(CN2CC(=O)NC2=O)c1Cl. The van der Waals surface area contributed by atoms with Gasteiger partial charge in [-0.25, -0.2) is 4.79 Å². The van der Waals surface area contributed by atoms with Crippen molar-refractivity contribution < 1.29 is 9.59 Å². The molecule has 0 aliphatic carbocycles. The number of hydrogen-bond donors (Lipinski definition) is 1. The van der Waals surface area contributed by atoms with Crippen LogP contribution in [0.15, 0.2) is 0 Å². The Labute approximate surface area is 104 Å². The first-order valence-corrected chi connectivity index (χ1v) is 5.69. The number of nitrogens with zero attached hydrogens (tertiary/aromatic N) is 3. The van der Waals surface area contributed by atoms with Gasteiger partial charge in [-0.2, -0.15) is 5.10 Å². The minimum Gasteiger partial charge on any atom is -0.309 e. The Morgan fingerprint density at radius 1 is 1.47 bits per heavy atom. The largest absolute Gasteiger partial charge is 0.324 e. The van der Waals surface area contributed by atoms with Gasteiger partial charge in [0.1, 0.15) is 6.54 Å². The first-order chi connectivity index (χ1) is 8.02. The first-order valence-electron chi connectivity index (χ1n) is 5.32. The average Bonchev–Trinajstić information content (AvgIpc) is 2.72. The van der Waals surface area contributed by atoms with Crippen molar-refractivity contribution in [3.63, 3.8) is 0 Å². The Hall–Kier alpha value is -1.56. The molecule has 1 aromatic heterocycles. The van der Waals surface area contributed by atoms with E-state index in [-0.39, 0.29) is 18.5 Å². The zero-order chi connectivity index (χ0) is 12.6. The van der Waals surface area contributed by atoms with Crippen LogP contribution in [0.5, 0.6) is 0 Å². The molecule has 0 saturated carbocycles. The third kappa shape index (κ3) is 2.12. The highest BCUT2D eigenvalue weighted by Gasteiger charge is 2.28. The number of carbonyl (C=O) groups is 2. The van der Waals surface area contributed by atoms with E-state index in [9.17, 15) is 9.59 Å². The monoisotopic (exact) mass is 256 g/mol. The number of amides is 3. The number of halogens is 1. The Bertz CT molecular complexity index is 483. The molecule has 1 fully saturated rings. The molecule has 2 rings (SSSR count). The van der Waals surface area contributed by atoms with Gasteiger partial charge in [-0.05, 0) is 6.42 Å². The second kappa shape index (κ2) is 4.37. The molecule has 0 unspecified atom stereocenters. The molecule has 1 aliphatic rings. The van der Waals surface area contributed by atoms with Crippen molar-refractivity contribution in [2.45, 2.75) is 19.9 Å². The van der Waals surface area contributed by atoms with Gasteiger partial charge in [0.15, 0.2) is 0 Å². The van der Waals surface area contributed by atoms with Gasteiger partial charge in [-0.15, -0.1) is 0 Å². The van der Waals surface area contributed by atoms with Crippen LogP contribution < -0.4 is 5.32 Å². The van der Waals surface area contributed by atoms with E-state index in [0.717, 1.165) is 17.8 Å². The van der Waals surface area contributed by atoms with Crippen LogP contribution in [0.4, 0.5) is 4.79 Å². The summed E-state index contributed by atoms with van der Waals surface area (Å²) in [5, 5.41) is 7.05. The minimum absolute atomic E-state index is 0.0712. The molecular weight excluding hydrogens is 244 g/mol. The van der Waals surface area contributed by atoms with Crippen LogP contribution in [0.25, 0.3) is 0 Å². The number of aromatic nitrogens is 2. The lowest BCUT2D eigenvalue weighted by molar-refractivity contribution is -0.118. The van der Waals surface area contributed by atoms with Crippen molar-refractivity contribution in [3.05, 3.63) is 16.4 Å². The van der Waals surface area contributed by atoms with E-state index in [1.54, 1.807) is 11.7 Å². The molecular formula is C10H13ClN4O2. The molecule has 1 N–H and O–H groups in total. The van der Waals surface area contributed by atoms with Gasteiger partial charge in [-0.1, -0.05) is 18.5 Å². The van der Waals surface area contributed by atoms with E-state index in [0.29, 0.717) is 11.6 Å².